The van der Waals surface area contributed by atoms with Crippen molar-refractivity contribution in [3.8, 4) is 121 Å². The second kappa shape index (κ2) is 28.6. The maximum absolute atomic E-state index is 12.6. The number of hydrogen-bond donors (Lipinski definition) is 1. The number of nitrogens with one attached hydrogen (secondary N) is 2. The van der Waals surface area contributed by atoms with E-state index in [0.29, 0.717) is 129 Å². The second-order valence-electron chi connectivity index (χ2n) is 18.4. The van der Waals surface area contributed by atoms with Gasteiger partial charge in [-0.25, -0.2) is 4.98 Å². The van der Waals surface area contributed by atoms with Gasteiger partial charge in [-0.2, -0.15) is 18.3 Å². The zero-order valence-electron chi connectivity index (χ0n) is 45.4. The summed E-state index contributed by atoms with van der Waals surface area (Å²) in [7, 11) is 0. The van der Waals surface area contributed by atoms with Crippen LogP contribution in [-0.4, -0.2) is 103 Å². The monoisotopic (exact) mass is 1350 g/mol. The van der Waals surface area contributed by atoms with E-state index in [1.807, 2.05) is 19.1 Å². The quantitative estimate of drug-likeness (QED) is 0.0292. The van der Waals surface area contributed by atoms with Gasteiger partial charge in [0.2, 0.25) is 0 Å². The molecule has 0 unspecified atom stereocenters. The van der Waals surface area contributed by atoms with Crippen LogP contribution >= 0.6 is 57.6 Å². The van der Waals surface area contributed by atoms with Crippen LogP contribution in [0.2, 0.25) is 0 Å². The summed E-state index contributed by atoms with van der Waals surface area (Å²) in [6.07, 6.45) is 5.67. The van der Waals surface area contributed by atoms with Crippen LogP contribution in [0.4, 0.5) is 13.2 Å². The minimum atomic E-state index is -4.80. The summed E-state index contributed by atoms with van der Waals surface area (Å²) in [4.78, 5) is 47.4. The number of isothiocyanates is 1. The average Bonchev–Trinajstić information content (AvgIpc) is 2.05. The van der Waals surface area contributed by atoms with Gasteiger partial charge in [0.25, 0.3) is 12.9 Å². The summed E-state index contributed by atoms with van der Waals surface area (Å²) in [6.45, 7) is 8.35. The Labute approximate surface area is 524 Å². The summed E-state index contributed by atoms with van der Waals surface area (Å²) >= 11 is 9.93. The molecule has 0 fully saturated rings. The van der Waals surface area contributed by atoms with E-state index >= 15 is 0 Å². The molecule has 0 spiro atoms. The number of halogens is 3. The number of fused-ring (bicyclic) bond motifs is 4. The Morgan fingerprint density at radius 1 is 0.628 bits per heavy atom. The maximum Gasteiger partial charge on any atom is 2.00 e. The molecule has 28 heteroatoms. The van der Waals surface area contributed by atoms with Gasteiger partial charge in [-0.15, -0.1) is 51.0 Å². The molecule has 2 N–H and O–H groups in total. The van der Waals surface area contributed by atoms with Crippen LogP contribution in [0.15, 0.2) is 73.2 Å². The molecule has 0 aliphatic carbocycles. The van der Waals surface area contributed by atoms with Crippen LogP contribution in [0.3, 0.4) is 0 Å². The van der Waals surface area contributed by atoms with E-state index in [2.05, 4.69) is 34.1 Å². The van der Waals surface area contributed by atoms with Gasteiger partial charge in [0, 0.05) is 47.4 Å². The first-order chi connectivity index (χ1) is 41.3. The molecule has 8 aromatic rings. The maximum atomic E-state index is 12.6. The first-order valence-corrected chi connectivity index (χ1v) is 29.9. The van der Waals surface area contributed by atoms with Crippen LogP contribution < -0.4 is 47.4 Å². The third kappa shape index (κ3) is 13.9. The Balaban J connectivity index is 0.000000222. The fourth-order valence-corrected chi connectivity index (χ4v) is 14.1. The van der Waals surface area contributed by atoms with Gasteiger partial charge in [-0.3, -0.25) is 30.0 Å². The van der Waals surface area contributed by atoms with E-state index in [0.717, 1.165) is 87.5 Å². The zero-order chi connectivity index (χ0) is 59.6. The molecule has 0 radical (unpaired) electrons. The molecule has 0 saturated heterocycles. The fourth-order valence-electron chi connectivity index (χ4n) is 9.16. The molecule has 86 heavy (non-hydrogen) atoms. The average molecular weight is 1350 g/mol. The second-order valence-corrected chi connectivity index (χ2v) is 22.9. The molecule has 12 heterocycles. The number of carbonyl (C=O) groups excluding carboxylic acids is 2. The van der Waals surface area contributed by atoms with Gasteiger partial charge >= 0.3 is 25.7 Å². The van der Waals surface area contributed by atoms with Crippen LogP contribution in [0.5, 0.6) is 57.5 Å². The third-order valence-corrected chi connectivity index (χ3v) is 17.8. The summed E-state index contributed by atoms with van der Waals surface area (Å²) in [5.41, 5.74) is 9.13. The number of aromatic nitrogens is 4. The molecular formula is C58H48F3N7O12RuS5. The number of unbranched alkanes of at least 4 members (excludes halogenated alkanes) is 3. The van der Waals surface area contributed by atoms with E-state index in [-0.39, 0.29) is 36.7 Å². The molecule has 4 aliphatic heterocycles. The van der Waals surface area contributed by atoms with E-state index in [1.54, 1.807) is 76.6 Å². The predicted octanol–water partition coefficient (Wildman–Crippen LogP) is 14.4. The fraction of sp³-hybridized carbons (Fsp3) is 0.276. The van der Waals surface area contributed by atoms with Crippen LogP contribution in [0.1, 0.15) is 48.1 Å². The Kier molecular flexibility index (Phi) is 20.8. The van der Waals surface area contributed by atoms with Crippen molar-refractivity contribution in [3.63, 3.8) is 0 Å². The summed E-state index contributed by atoms with van der Waals surface area (Å²) < 4.78 is 96.9. The number of aryl methyl sites for hydroxylation is 2. The van der Waals surface area contributed by atoms with Crippen molar-refractivity contribution in [2.24, 2.45) is 0 Å². The molecule has 0 atom stereocenters. The topological polar surface area (TPSA) is 248 Å². The van der Waals surface area contributed by atoms with Crippen LogP contribution in [0, 0.1) is 12.3 Å². The number of alkyl halides is 3. The number of allylic oxidation sites excluding steroid dienone is 1. The van der Waals surface area contributed by atoms with Gasteiger partial charge in [0.05, 0.1) is 56.9 Å². The van der Waals surface area contributed by atoms with Crippen LogP contribution in [0.25, 0.3) is 80.0 Å². The number of carbonyl (C=O) groups is 2. The number of pyridine rings is 4. The zero-order valence-corrected chi connectivity index (χ0v) is 51.3. The summed E-state index contributed by atoms with van der Waals surface area (Å²) in [5, 5.41) is 15.5. The largest absolute Gasteiger partial charge is 2.00 e. The van der Waals surface area contributed by atoms with Gasteiger partial charge in [-0.1, -0.05) is 38.4 Å². The standard InChI is InChI=1S/C36H25N3O10S3.C21H23F3N3O2S.CNS.Ru/c1-18-26-27(43-7-6-42-26)33(50-18)34-30-31(47-11-10-46-30)36(52-34)35-29-28(44-8-9-45-29)32(51-35)19-2-4-37-22(12-19)24-14-21(49-17-41)15-25(39-24)23-13-20(48-16-40)3-5-38-23;1-2-3-4-5-6-16-18-19(29-10-9-28-18)20(30-16)13-7-8-27-15(11-13)14(25)12-17(26)21(22,23)24;2-1-3;/h2-5,12-17H,6-11H2,1H3;7-8,11-12,25-26H,2-6,9-10H2,1H3;;/q;2*-1;+2/b;14-12-,26-17?;;. The Hall–Kier alpha value is -7.84. The summed E-state index contributed by atoms with van der Waals surface area (Å²) in [6, 6.07) is 13.3. The van der Waals surface area contributed by atoms with E-state index in [1.165, 1.54) is 35.3 Å². The molecule has 0 bridgehead atoms. The van der Waals surface area contributed by atoms with Crippen molar-refractivity contribution in [2.75, 3.05) is 52.9 Å². The SMILES string of the molecule is CCCCCCc1sc(-c2ccnc(/C([NH-])=C/C(=N)C(F)(F)F)c2)c2c1OCCO2.Cc1sc(-c2sc(-c3sc(-c4ccnc(-c5cc(OC=O)cc(-c6cc(OC=O)ccn6)n5)c4)c4c3OCCO4)c3c2OCCO3)c2c1OCCO2.[N-]=C=S.[Ru+2]. The van der Waals surface area contributed by atoms with Gasteiger partial charge in [0.15, 0.2) is 46.0 Å². The first kappa shape index (κ1) is 62.7. The summed E-state index contributed by atoms with van der Waals surface area (Å²) in [5.74, 6) is 5.99. The first-order valence-electron chi connectivity index (χ1n) is 26.2. The number of nitrogens with zero attached hydrogens (tertiary/aromatic N) is 5. The van der Waals surface area contributed by atoms with Crippen molar-refractivity contribution in [3.05, 3.63) is 99.8 Å². The van der Waals surface area contributed by atoms with E-state index in [9.17, 15) is 22.8 Å². The third-order valence-electron chi connectivity index (χ3n) is 12.8. The van der Waals surface area contributed by atoms with Crippen molar-refractivity contribution >= 4 is 87.1 Å². The van der Waals surface area contributed by atoms with Gasteiger partial charge < -0.3 is 58.5 Å². The molecule has 0 aromatic carbocycles. The van der Waals surface area contributed by atoms with E-state index < -0.39 is 17.6 Å². The predicted molar refractivity (Wildman–Crippen MR) is 320 cm³/mol. The Morgan fingerprint density at radius 2 is 1.07 bits per heavy atom. The molecule has 0 saturated carbocycles. The van der Waals surface area contributed by atoms with E-state index in [4.69, 9.17) is 68.9 Å². The molecule has 19 nitrogen and oxygen atoms in total. The number of ether oxygens (including phenoxy) is 10. The number of hydrogen-bond acceptors (Lipinski definition) is 22. The van der Waals surface area contributed by atoms with Gasteiger partial charge in [0.1, 0.15) is 70.1 Å². The van der Waals surface area contributed by atoms with Crippen molar-refractivity contribution < 1.29 is 89.6 Å². The van der Waals surface area contributed by atoms with Crippen molar-refractivity contribution in [1.82, 2.24) is 19.9 Å². The number of thiophene rings is 4. The smallest absolute Gasteiger partial charge is 0.753 e. The molecule has 4 aliphatic rings. The Morgan fingerprint density at radius 3 is 1.64 bits per heavy atom. The minimum Gasteiger partial charge on any atom is -0.753 e. The van der Waals surface area contributed by atoms with Crippen LogP contribution in [-0.2, 0) is 35.5 Å². The molecule has 8 aromatic heterocycles. The Bertz CT molecular complexity index is 3860. The molecule has 0 amide bonds. The molecular weight excluding hydrogens is 1310 g/mol. The number of thiocarbonyl (C=S) groups is 1. The van der Waals surface area contributed by atoms with Gasteiger partial charge in [-0.05, 0) is 67.3 Å². The number of rotatable bonds is 17. The molecule has 446 valence electrons. The normalized spacial score (nSPS) is 13.5. The molecule has 12 rings (SSSR count). The minimum absolute atomic E-state index is 0. The van der Waals surface area contributed by atoms with Crippen molar-refractivity contribution in [1.29, 1.82) is 5.41 Å². The van der Waals surface area contributed by atoms with Crippen molar-refractivity contribution in [2.45, 2.75) is 52.1 Å².